The van der Waals surface area contributed by atoms with E-state index in [4.69, 9.17) is 0 Å². The molecule has 0 unspecified atom stereocenters. The van der Waals surface area contributed by atoms with Gasteiger partial charge >= 0.3 is 0 Å². The molecule has 3 heteroatoms. The Kier molecular flexibility index (Phi) is 3.14. The summed E-state index contributed by atoms with van der Waals surface area (Å²) >= 11 is 1.75. The molecule has 2 aromatic rings. The minimum absolute atomic E-state index is 0.844. The molecule has 1 N–H and O–H groups in total. The Morgan fingerprint density at radius 1 is 1.40 bits per heavy atom. The molecule has 0 saturated heterocycles. The number of hydrogen-bond donors (Lipinski definition) is 1. The quantitative estimate of drug-likeness (QED) is 0.857. The van der Waals surface area contributed by atoms with Gasteiger partial charge in [-0.1, -0.05) is 29.8 Å². The highest BCUT2D eigenvalue weighted by Gasteiger charge is 2.03. The van der Waals surface area contributed by atoms with Crippen molar-refractivity contribution in [3.8, 4) is 10.4 Å². The molecule has 1 heterocycles. The minimum Gasteiger partial charge on any atom is -0.314 e. The second kappa shape index (κ2) is 4.55. The molecule has 0 radical (unpaired) electrons. The van der Waals surface area contributed by atoms with Crippen molar-refractivity contribution in [1.29, 1.82) is 0 Å². The lowest BCUT2D eigenvalue weighted by molar-refractivity contribution is 0.810. The molecule has 0 spiro atoms. The molecule has 0 aliphatic rings. The SMILES string of the molecule is CNCc1ncc(-c2cccc(C)c2)s1. The van der Waals surface area contributed by atoms with Crippen molar-refractivity contribution in [1.82, 2.24) is 10.3 Å². The predicted octanol–water partition coefficient (Wildman–Crippen LogP) is 2.84. The number of aryl methyl sites for hydroxylation is 1. The number of benzene rings is 1. The average Bonchev–Trinajstić information content (AvgIpc) is 2.67. The lowest BCUT2D eigenvalue weighted by atomic mass is 10.1. The van der Waals surface area contributed by atoms with E-state index in [1.54, 1.807) is 11.3 Å². The van der Waals surface area contributed by atoms with Gasteiger partial charge in [-0.2, -0.15) is 0 Å². The van der Waals surface area contributed by atoms with Crippen molar-refractivity contribution in [2.75, 3.05) is 7.05 Å². The van der Waals surface area contributed by atoms with Crippen LogP contribution in [0, 0.1) is 6.92 Å². The Morgan fingerprint density at radius 2 is 2.27 bits per heavy atom. The van der Waals surface area contributed by atoms with Gasteiger partial charge < -0.3 is 5.32 Å². The van der Waals surface area contributed by atoms with Gasteiger partial charge in [0.15, 0.2) is 0 Å². The van der Waals surface area contributed by atoms with Crippen LogP contribution in [0.25, 0.3) is 10.4 Å². The van der Waals surface area contributed by atoms with Gasteiger partial charge in [0.05, 0.1) is 4.88 Å². The van der Waals surface area contributed by atoms with E-state index in [9.17, 15) is 0 Å². The summed E-state index contributed by atoms with van der Waals surface area (Å²) in [5, 5.41) is 4.24. The van der Waals surface area contributed by atoms with Crippen molar-refractivity contribution in [2.24, 2.45) is 0 Å². The fourth-order valence-electron chi connectivity index (χ4n) is 1.47. The molecular formula is C12H14N2S. The lowest BCUT2D eigenvalue weighted by Gasteiger charge is -1.97. The first-order valence-corrected chi connectivity index (χ1v) is 5.77. The van der Waals surface area contributed by atoms with Crippen LogP contribution in [0.1, 0.15) is 10.6 Å². The van der Waals surface area contributed by atoms with Crippen LogP contribution in [0.3, 0.4) is 0 Å². The average molecular weight is 218 g/mol. The van der Waals surface area contributed by atoms with Gasteiger partial charge in [0.25, 0.3) is 0 Å². The molecule has 0 fully saturated rings. The van der Waals surface area contributed by atoms with Gasteiger partial charge in [-0.25, -0.2) is 4.98 Å². The number of hydrogen-bond acceptors (Lipinski definition) is 3. The molecule has 0 aliphatic carbocycles. The third-order valence-electron chi connectivity index (χ3n) is 2.18. The number of nitrogens with one attached hydrogen (secondary N) is 1. The van der Waals surface area contributed by atoms with Gasteiger partial charge in [-0.3, -0.25) is 0 Å². The fourth-order valence-corrected chi connectivity index (χ4v) is 2.40. The van der Waals surface area contributed by atoms with Crippen LogP contribution in [-0.2, 0) is 6.54 Å². The molecule has 1 aromatic heterocycles. The minimum atomic E-state index is 0.844. The largest absolute Gasteiger partial charge is 0.314 e. The van der Waals surface area contributed by atoms with E-state index in [1.165, 1.54) is 16.0 Å². The standard InChI is InChI=1S/C12H14N2S/c1-9-4-3-5-10(6-9)11-7-14-12(15-11)8-13-2/h3-7,13H,8H2,1-2H3. The van der Waals surface area contributed by atoms with Crippen LogP contribution < -0.4 is 5.32 Å². The highest BCUT2D eigenvalue weighted by molar-refractivity contribution is 7.15. The topological polar surface area (TPSA) is 24.9 Å². The summed E-state index contributed by atoms with van der Waals surface area (Å²) in [5.41, 5.74) is 2.55. The van der Waals surface area contributed by atoms with Crippen LogP contribution in [0.15, 0.2) is 30.5 Å². The third kappa shape index (κ3) is 2.43. The Balaban J connectivity index is 2.29. The summed E-state index contributed by atoms with van der Waals surface area (Å²) < 4.78 is 0. The summed E-state index contributed by atoms with van der Waals surface area (Å²) in [6.45, 7) is 2.95. The van der Waals surface area contributed by atoms with Gasteiger partial charge in [0.1, 0.15) is 5.01 Å². The van der Waals surface area contributed by atoms with E-state index in [1.807, 2.05) is 13.2 Å². The van der Waals surface area contributed by atoms with Crippen molar-refractivity contribution in [2.45, 2.75) is 13.5 Å². The van der Waals surface area contributed by atoms with E-state index < -0.39 is 0 Å². The first kappa shape index (κ1) is 10.3. The van der Waals surface area contributed by atoms with E-state index in [0.717, 1.165) is 11.6 Å². The summed E-state index contributed by atoms with van der Waals surface area (Å²) in [5.74, 6) is 0. The summed E-state index contributed by atoms with van der Waals surface area (Å²) in [6.07, 6.45) is 1.95. The molecule has 2 rings (SSSR count). The van der Waals surface area contributed by atoms with Gasteiger partial charge in [0, 0.05) is 12.7 Å². The first-order chi connectivity index (χ1) is 7.29. The van der Waals surface area contributed by atoms with E-state index in [2.05, 4.69) is 41.5 Å². The van der Waals surface area contributed by atoms with Crippen LogP contribution in [0.2, 0.25) is 0 Å². The van der Waals surface area contributed by atoms with Gasteiger partial charge in [0.2, 0.25) is 0 Å². The third-order valence-corrected chi connectivity index (χ3v) is 3.23. The number of nitrogens with zero attached hydrogens (tertiary/aromatic N) is 1. The smallest absolute Gasteiger partial charge is 0.107 e. The second-order valence-electron chi connectivity index (χ2n) is 3.52. The van der Waals surface area contributed by atoms with Gasteiger partial charge in [-0.05, 0) is 19.5 Å². The highest BCUT2D eigenvalue weighted by atomic mass is 32.1. The van der Waals surface area contributed by atoms with E-state index >= 15 is 0 Å². The molecule has 1 aromatic carbocycles. The Morgan fingerprint density at radius 3 is 3.00 bits per heavy atom. The Bertz CT molecular complexity index is 448. The second-order valence-corrected chi connectivity index (χ2v) is 4.63. The van der Waals surface area contributed by atoms with E-state index in [0.29, 0.717) is 0 Å². The lowest BCUT2D eigenvalue weighted by Crippen LogP contribution is -2.03. The van der Waals surface area contributed by atoms with Crippen molar-refractivity contribution in [3.05, 3.63) is 41.0 Å². The van der Waals surface area contributed by atoms with Crippen molar-refractivity contribution < 1.29 is 0 Å². The maximum atomic E-state index is 4.37. The zero-order chi connectivity index (χ0) is 10.7. The molecule has 0 aliphatic heterocycles. The maximum absolute atomic E-state index is 4.37. The molecular weight excluding hydrogens is 204 g/mol. The number of aromatic nitrogens is 1. The molecule has 0 bridgehead atoms. The first-order valence-electron chi connectivity index (χ1n) is 4.96. The number of rotatable bonds is 3. The van der Waals surface area contributed by atoms with Crippen molar-refractivity contribution in [3.63, 3.8) is 0 Å². The summed E-state index contributed by atoms with van der Waals surface area (Å²) in [6, 6.07) is 8.52. The van der Waals surface area contributed by atoms with Gasteiger partial charge in [-0.15, -0.1) is 11.3 Å². The maximum Gasteiger partial charge on any atom is 0.107 e. The van der Waals surface area contributed by atoms with E-state index in [-0.39, 0.29) is 0 Å². The monoisotopic (exact) mass is 218 g/mol. The Labute approximate surface area is 94.0 Å². The molecule has 0 atom stereocenters. The van der Waals surface area contributed by atoms with Crippen molar-refractivity contribution >= 4 is 11.3 Å². The molecule has 0 saturated carbocycles. The summed E-state index contributed by atoms with van der Waals surface area (Å²) in [4.78, 5) is 5.61. The van der Waals surface area contributed by atoms with Crippen LogP contribution in [0.5, 0.6) is 0 Å². The summed E-state index contributed by atoms with van der Waals surface area (Å²) in [7, 11) is 1.94. The molecule has 15 heavy (non-hydrogen) atoms. The zero-order valence-electron chi connectivity index (χ0n) is 8.95. The van der Waals surface area contributed by atoms with Crippen LogP contribution >= 0.6 is 11.3 Å². The van der Waals surface area contributed by atoms with Crippen LogP contribution in [0.4, 0.5) is 0 Å². The predicted molar refractivity (Wildman–Crippen MR) is 65.1 cm³/mol. The molecule has 78 valence electrons. The normalized spacial score (nSPS) is 10.5. The fraction of sp³-hybridized carbons (Fsp3) is 0.250. The number of thiazole rings is 1. The Hall–Kier alpha value is -1.19. The highest BCUT2D eigenvalue weighted by Crippen LogP contribution is 2.26. The molecule has 2 nitrogen and oxygen atoms in total. The molecule has 0 amide bonds. The zero-order valence-corrected chi connectivity index (χ0v) is 9.77. The van der Waals surface area contributed by atoms with Crippen LogP contribution in [-0.4, -0.2) is 12.0 Å².